The summed E-state index contributed by atoms with van der Waals surface area (Å²) >= 11 is 1.32. The summed E-state index contributed by atoms with van der Waals surface area (Å²) in [7, 11) is 0. The van der Waals surface area contributed by atoms with Crippen molar-refractivity contribution in [3.8, 4) is 28.3 Å². The first kappa shape index (κ1) is 40.7. The summed E-state index contributed by atoms with van der Waals surface area (Å²) in [5, 5.41) is 25.9. The quantitative estimate of drug-likeness (QED) is 0.0683. The summed E-state index contributed by atoms with van der Waals surface area (Å²) < 4.78 is 5.89. The van der Waals surface area contributed by atoms with Crippen LogP contribution in [0, 0.1) is 0 Å². The van der Waals surface area contributed by atoms with Crippen molar-refractivity contribution >= 4 is 29.1 Å². The third kappa shape index (κ3) is 11.5. The van der Waals surface area contributed by atoms with Gasteiger partial charge in [0.15, 0.2) is 17.7 Å². The van der Waals surface area contributed by atoms with E-state index in [4.69, 9.17) is 4.74 Å². The van der Waals surface area contributed by atoms with E-state index in [1.165, 1.54) is 55.5 Å². The lowest BCUT2D eigenvalue weighted by atomic mass is 9.95. The molecule has 5 aromatic rings. The lowest BCUT2D eigenvalue weighted by molar-refractivity contribution is -0.145. The van der Waals surface area contributed by atoms with Gasteiger partial charge in [0.25, 0.3) is 5.91 Å². The number of unbranched alkanes of at least 4 members (excludes halogenated alkanes) is 4. The topological polar surface area (TPSA) is 177 Å². The SMILES string of the molecule is CCCCCCCOc1ccc(-c2cnc(-c3ccc(CC(NC(=O)c4ccc(C(C)(C)C)s4)C(=O)NC(C(=O)O)C(O)c4ncccn4)cc3)nc2)cc1. The summed E-state index contributed by atoms with van der Waals surface area (Å²) in [6.07, 6.45) is 10.5. The third-order valence-electron chi connectivity index (χ3n) is 8.93. The molecule has 3 atom stereocenters. The maximum Gasteiger partial charge on any atom is 0.329 e. The molecule has 4 N–H and O–H groups in total. The maximum atomic E-state index is 13.7. The van der Waals surface area contributed by atoms with E-state index < -0.39 is 36.0 Å². The molecule has 288 valence electrons. The molecule has 13 heteroatoms. The van der Waals surface area contributed by atoms with Crippen molar-refractivity contribution in [2.45, 2.75) is 89.8 Å². The minimum atomic E-state index is -1.78. The molecular weight excluding hydrogens is 717 g/mol. The second-order valence-electron chi connectivity index (χ2n) is 14.3. The van der Waals surface area contributed by atoms with Gasteiger partial charge >= 0.3 is 5.97 Å². The fourth-order valence-corrected chi connectivity index (χ4v) is 6.70. The smallest absolute Gasteiger partial charge is 0.329 e. The molecule has 0 aliphatic rings. The van der Waals surface area contributed by atoms with Crippen molar-refractivity contribution in [1.29, 1.82) is 0 Å². The van der Waals surface area contributed by atoms with Crippen molar-refractivity contribution < 1.29 is 29.3 Å². The highest BCUT2D eigenvalue weighted by molar-refractivity contribution is 7.14. The lowest BCUT2D eigenvalue weighted by Gasteiger charge is -2.24. The standard InChI is InChI=1S/C42H48N6O6S/c1-5-6-7-8-9-23-54-31-17-15-28(16-18-31)30-25-45-37(46-26-30)29-13-11-27(12-14-29)24-32(47-40(51)33-19-20-34(55-33)42(2,3)4)39(50)48-35(41(52)53)36(49)38-43-21-10-22-44-38/h10-22,25-26,32,35-36,49H,5-9,23-24H2,1-4H3,(H,47,51)(H,48,50)(H,52,53). The van der Waals surface area contributed by atoms with Crippen LogP contribution in [-0.2, 0) is 21.4 Å². The molecule has 0 aliphatic carbocycles. The van der Waals surface area contributed by atoms with E-state index >= 15 is 0 Å². The second kappa shape index (κ2) is 19.2. The highest BCUT2D eigenvalue weighted by Gasteiger charge is 2.34. The lowest BCUT2D eigenvalue weighted by Crippen LogP contribution is -2.54. The van der Waals surface area contributed by atoms with Gasteiger partial charge < -0.3 is 25.6 Å². The Bertz CT molecular complexity index is 2000. The molecular formula is C42H48N6O6S. The molecule has 12 nitrogen and oxygen atoms in total. The summed E-state index contributed by atoms with van der Waals surface area (Å²) in [6, 6.07) is 17.2. The Kier molecular flexibility index (Phi) is 14.2. The molecule has 0 saturated heterocycles. The predicted octanol–water partition coefficient (Wildman–Crippen LogP) is 6.95. The van der Waals surface area contributed by atoms with Crippen LogP contribution in [0.2, 0.25) is 0 Å². The Labute approximate surface area is 325 Å². The highest BCUT2D eigenvalue weighted by Crippen LogP contribution is 2.30. The number of aromatic nitrogens is 4. The predicted molar refractivity (Wildman–Crippen MR) is 212 cm³/mol. The van der Waals surface area contributed by atoms with Crippen LogP contribution in [0.15, 0.2) is 91.5 Å². The van der Waals surface area contributed by atoms with Gasteiger partial charge in [-0.1, -0.05) is 89.8 Å². The van der Waals surface area contributed by atoms with Gasteiger partial charge in [-0.3, -0.25) is 9.59 Å². The number of carbonyl (C=O) groups is 3. The Morgan fingerprint density at radius 3 is 2.07 bits per heavy atom. The van der Waals surface area contributed by atoms with E-state index in [1.807, 2.05) is 63.2 Å². The van der Waals surface area contributed by atoms with Crippen LogP contribution in [0.25, 0.3) is 22.5 Å². The number of amides is 2. The molecule has 0 aliphatic heterocycles. The monoisotopic (exact) mass is 764 g/mol. The number of benzene rings is 2. The van der Waals surface area contributed by atoms with Gasteiger partial charge in [-0.15, -0.1) is 11.3 Å². The number of aliphatic hydroxyl groups is 1. The Morgan fingerprint density at radius 1 is 0.800 bits per heavy atom. The zero-order valence-corrected chi connectivity index (χ0v) is 32.4. The van der Waals surface area contributed by atoms with Gasteiger partial charge in [0.1, 0.15) is 17.9 Å². The molecule has 3 heterocycles. The molecule has 3 aromatic heterocycles. The van der Waals surface area contributed by atoms with E-state index in [0.717, 1.165) is 33.7 Å². The number of nitrogens with one attached hydrogen (secondary N) is 2. The fourth-order valence-electron chi connectivity index (χ4n) is 5.73. The molecule has 2 aromatic carbocycles. The minimum absolute atomic E-state index is 0.0258. The Morgan fingerprint density at radius 2 is 1.45 bits per heavy atom. The van der Waals surface area contributed by atoms with E-state index in [1.54, 1.807) is 30.6 Å². The number of carboxylic acid groups (broad SMARTS) is 1. The van der Waals surface area contributed by atoms with Crippen molar-refractivity contribution in [3.63, 3.8) is 0 Å². The summed E-state index contributed by atoms with van der Waals surface area (Å²) in [5.74, 6) is -1.59. The van der Waals surface area contributed by atoms with Crippen LogP contribution in [0.5, 0.6) is 5.75 Å². The zero-order valence-electron chi connectivity index (χ0n) is 31.6. The number of aliphatic carboxylic acids is 1. The van der Waals surface area contributed by atoms with E-state index in [-0.39, 0.29) is 17.7 Å². The molecule has 55 heavy (non-hydrogen) atoms. The molecule has 0 spiro atoms. The molecule has 5 rings (SSSR count). The maximum absolute atomic E-state index is 13.7. The summed E-state index contributed by atoms with van der Waals surface area (Å²) in [6.45, 7) is 9.03. The van der Waals surface area contributed by atoms with Gasteiger partial charge in [0.05, 0.1) is 11.5 Å². The van der Waals surface area contributed by atoms with Gasteiger partial charge in [0.2, 0.25) is 5.91 Å². The largest absolute Gasteiger partial charge is 0.494 e. The number of hydrogen-bond donors (Lipinski definition) is 4. The van der Waals surface area contributed by atoms with Gasteiger partial charge in [-0.25, -0.2) is 24.7 Å². The first-order valence-electron chi connectivity index (χ1n) is 18.5. The molecule has 2 amide bonds. The number of aliphatic hydroxyl groups excluding tert-OH is 1. The van der Waals surface area contributed by atoms with Crippen LogP contribution in [0.4, 0.5) is 0 Å². The van der Waals surface area contributed by atoms with Crippen molar-refractivity contribution in [3.05, 3.63) is 113 Å². The Hall–Kier alpha value is -5.53. The van der Waals surface area contributed by atoms with E-state index in [9.17, 15) is 24.6 Å². The van der Waals surface area contributed by atoms with Gasteiger partial charge in [-0.05, 0) is 53.3 Å². The van der Waals surface area contributed by atoms with Crippen molar-refractivity contribution in [2.75, 3.05) is 6.61 Å². The van der Waals surface area contributed by atoms with Gasteiger partial charge in [0, 0.05) is 47.2 Å². The average Bonchev–Trinajstić information content (AvgIpc) is 3.71. The highest BCUT2D eigenvalue weighted by atomic mass is 32.1. The average molecular weight is 765 g/mol. The Balaban J connectivity index is 1.27. The number of rotatable bonds is 18. The van der Waals surface area contributed by atoms with Crippen LogP contribution in [0.1, 0.15) is 91.8 Å². The van der Waals surface area contributed by atoms with Crippen molar-refractivity contribution in [1.82, 2.24) is 30.6 Å². The molecule has 0 bridgehead atoms. The molecule has 0 saturated carbocycles. The zero-order chi connectivity index (χ0) is 39.4. The number of ether oxygens (including phenoxy) is 1. The number of carboxylic acids is 1. The number of nitrogens with zero attached hydrogens (tertiary/aromatic N) is 4. The van der Waals surface area contributed by atoms with Crippen LogP contribution in [0.3, 0.4) is 0 Å². The second-order valence-corrected chi connectivity index (χ2v) is 15.4. The van der Waals surface area contributed by atoms with Crippen molar-refractivity contribution in [2.24, 2.45) is 0 Å². The van der Waals surface area contributed by atoms with E-state index in [2.05, 4.69) is 37.5 Å². The molecule has 0 radical (unpaired) electrons. The third-order valence-corrected chi connectivity index (χ3v) is 10.4. The first-order chi connectivity index (χ1) is 26.4. The summed E-state index contributed by atoms with van der Waals surface area (Å²) in [4.78, 5) is 57.8. The summed E-state index contributed by atoms with van der Waals surface area (Å²) in [5.41, 5.74) is 3.08. The molecule has 3 unspecified atom stereocenters. The first-order valence-corrected chi connectivity index (χ1v) is 19.3. The number of hydrogen-bond acceptors (Lipinski definition) is 10. The molecule has 0 fully saturated rings. The minimum Gasteiger partial charge on any atom is -0.494 e. The van der Waals surface area contributed by atoms with E-state index in [0.29, 0.717) is 22.9 Å². The number of carbonyl (C=O) groups excluding carboxylic acids is 2. The van der Waals surface area contributed by atoms with Crippen LogP contribution < -0.4 is 15.4 Å². The number of thiophene rings is 1. The normalized spacial score (nSPS) is 13.0. The fraction of sp³-hybridized carbons (Fsp3) is 0.357. The van der Waals surface area contributed by atoms with Gasteiger partial charge in [-0.2, -0.15) is 0 Å². The van der Waals surface area contributed by atoms with Crippen LogP contribution >= 0.6 is 11.3 Å². The van der Waals surface area contributed by atoms with Crippen LogP contribution in [-0.4, -0.2) is 66.6 Å².